The van der Waals surface area contributed by atoms with E-state index in [2.05, 4.69) is 10.2 Å². The van der Waals surface area contributed by atoms with Gasteiger partial charge in [-0.1, -0.05) is 41.4 Å². The number of sulfonamides is 1. The average Bonchev–Trinajstić information content (AvgIpc) is 3.17. The molecule has 0 amide bonds. The number of para-hydroxylation sites is 1. The van der Waals surface area contributed by atoms with E-state index in [1.165, 1.54) is 31.3 Å². The third-order valence-corrected chi connectivity index (χ3v) is 7.72. The lowest BCUT2D eigenvalue weighted by Crippen LogP contribution is -2.27. The molecule has 35 heavy (non-hydrogen) atoms. The first-order chi connectivity index (χ1) is 16.5. The molecule has 3 aromatic carbocycles. The fourth-order valence-electron chi connectivity index (χ4n) is 3.44. The van der Waals surface area contributed by atoms with Crippen LogP contribution in [0.25, 0.3) is 17.1 Å². The van der Waals surface area contributed by atoms with Crippen molar-refractivity contribution in [3.05, 3.63) is 86.5 Å². The zero-order valence-corrected chi connectivity index (χ0v) is 20.2. The Kier molecular flexibility index (Phi) is 6.60. The van der Waals surface area contributed by atoms with E-state index in [0.717, 1.165) is 27.1 Å². The van der Waals surface area contributed by atoms with Crippen molar-refractivity contribution < 1.29 is 23.0 Å². The van der Waals surface area contributed by atoms with Gasteiger partial charge in [-0.2, -0.15) is 9.40 Å². The molecule has 0 unspecified atom stereocenters. The van der Waals surface area contributed by atoms with Gasteiger partial charge in [-0.25, -0.2) is 27.3 Å². The first-order valence-corrected chi connectivity index (χ1v) is 12.1. The number of rotatable bonds is 6. The molecule has 13 heteroatoms. The number of aromatic hydroxyl groups is 2. The van der Waals surface area contributed by atoms with Crippen LogP contribution in [0, 0.1) is 5.82 Å². The molecular formula is C22H17Cl2FN4O5S. The lowest BCUT2D eigenvalue weighted by atomic mass is 10.1. The Morgan fingerprint density at radius 3 is 2.43 bits per heavy atom. The van der Waals surface area contributed by atoms with Gasteiger partial charge in [-0.3, -0.25) is 0 Å². The van der Waals surface area contributed by atoms with Gasteiger partial charge in [0, 0.05) is 30.2 Å². The predicted molar refractivity (Wildman–Crippen MR) is 128 cm³/mol. The standard InChI is InChI=1S/C22H17Cl2FN4O5S/c1-28(11-13-14(23)6-4-7-16(13)25)35(33,34)20-9-12(18(30)10-19(20)31)21-26-27-22(32)29(21)17-8-3-2-5-15(17)24/h2-10,30-31H,11H2,1H3,(H,27,32). The fourth-order valence-corrected chi connectivity index (χ4v) is 5.10. The largest absolute Gasteiger partial charge is 0.507 e. The number of phenolic OH excluding ortho intramolecular Hbond substituents is 2. The SMILES string of the molecule is CN(Cc1c(F)cccc1Cl)S(=O)(=O)c1cc(-c2n[nH]c(=O)n2-c2ccccc2Cl)c(O)cc1O. The number of nitrogens with one attached hydrogen (secondary N) is 1. The maximum Gasteiger partial charge on any atom is 0.348 e. The van der Waals surface area contributed by atoms with Crippen LogP contribution < -0.4 is 5.69 Å². The molecule has 0 saturated heterocycles. The molecular weight excluding hydrogens is 522 g/mol. The summed E-state index contributed by atoms with van der Waals surface area (Å²) < 4.78 is 42.6. The monoisotopic (exact) mass is 538 g/mol. The molecule has 0 aliphatic rings. The van der Waals surface area contributed by atoms with E-state index in [9.17, 15) is 27.8 Å². The molecule has 0 fully saturated rings. The van der Waals surface area contributed by atoms with E-state index in [1.807, 2.05) is 0 Å². The number of H-pyrrole nitrogens is 1. The molecule has 0 atom stereocenters. The highest BCUT2D eigenvalue weighted by Crippen LogP contribution is 2.38. The highest BCUT2D eigenvalue weighted by molar-refractivity contribution is 7.89. The van der Waals surface area contributed by atoms with Crippen molar-refractivity contribution in [3.8, 4) is 28.6 Å². The summed E-state index contributed by atoms with van der Waals surface area (Å²) in [5, 5.41) is 27.2. The predicted octanol–water partition coefficient (Wildman–Crippen LogP) is 3.91. The zero-order valence-electron chi connectivity index (χ0n) is 17.9. The third-order valence-electron chi connectivity index (χ3n) is 5.21. The maximum absolute atomic E-state index is 14.2. The molecule has 3 N–H and O–H groups in total. The number of nitrogens with zero attached hydrogens (tertiary/aromatic N) is 3. The van der Waals surface area contributed by atoms with Crippen LogP contribution in [0.1, 0.15) is 5.56 Å². The minimum Gasteiger partial charge on any atom is -0.507 e. The topological polar surface area (TPSA) is 129 Å². The first-order valence-electron chi connectivity index (χ1n) is 9.90. The second kappa shape index (κ2) is 9.34. The van der Waals surface area contributed by atoms with Crippen molar-refractivity contribution in [2.24, 2.45) is 0 Å². The molecule has 1 aromatic heterocycles. The molecule has 4 rings (SSSR count). The number of hydrogen-bond acceptors (Lipinski definition) is 6. The normalized spacial score (nSPS) is 11.8. The summed E-state index contributed by atoms with van der Waals surface area (Å²) in [6.45, 7) is -0.434. The Balaban J connectivity index is 1.83. The van der Waals surface area contributed by atoms with Crippen LogP contribution in [0.15, 0.2) is 64.3 Å². The van der Waals surface area contributed by atoms with Gasteiger partial charge in [0.1, 0.15) is 22.2 Å². The number of aromatic nitrogens is 3. The molecule has 0 aliphatic carbocycles. The van der Waals surface area contributed by atoms with Gasteiger partial charge in [0.2, 0.25) is 10.0 Å². The summed E-state index contributed by atoms with van der Waals surface area (Å²) in [5.74, 6) is -2.17. The minimum absolute atomic E-state index is 0.0305. The third kappa shape index (κ3) is 4.50. The van der Waals surface area contributed by atoms with Gasteiger partial charge in [-0.05, 0) is 30.3 Å². The van der Waals surface area contributed by atoms with E-state index in [0.29, 0.717) is 0 Å². The fraction of sp³-hybridized carbons (Fsp3) is 0.0909. The van der Waals surface area contributed by atoms with Crippen molar-refractivity contribution in [2.45, 2.75) is 11.4 Å². The van der Waals surface area contributed by atoms with Crippen LogP contribution in [0.3, 0.4) is 0 Å². The van der Waals surface area contributed by atoms with Crippen LogP contribution in [0.4, 0.5) is 4.39 Å². The summed E-state index contributed by atoms with van der Waals surface area (Å²) in [4.78, 5) is 11.9. The molecule has 4 aromatic rings. The van der Waals surface area contributed by atoms with Crippen LogP contribution in [0.2, 0.25) is 10.0 Å². The first kappa shape index (κ1) is 24.7. The Morgan fingerprint density at radius 2 is 1.74 bits per heavy atom. The van der Waals surface area contributed by atoms with E-state index in [-0.39, 0.29) is 32.7 Å². The van der Waals surface area contributed by atoms with Crippen LogP contribution in [0.5, 0.6) is 11.5 Å². The van der Waals surface area contributed by atoms with Crippen LogP contribution in [-0.4, -0.2) is 44.7 Å². The number of hydrogen-bond donors (Lipinski definition) is 3. The van der Waals surface area contributed by atoms with E-state index < -0.39 is 44.5 Å². The molecule has 0 saturated carbocycles. The zero-order chi connectivity index (χ0) is 25.5. The minimum atomic E-state index is -4.43. The lowest BCUT2D eigenvalue weighted by molar-refractivity contribution is 0.427. The van der Waals surface area contributed by atoms with Crippen molar-refractivity contribution in [1.82, 2.24) is 19.1 Å². The molecule has 0 spiro atoms. The molecule has 0 aliphatic heterocycles. The van der Waals surface area contributed by atoms with Crippen LogP contribution in [-0.2, 0) is 16.6 Å². The number of halogens is 3. The van der Waals surface area contributed by atoms with E-state index in [4.69, 9.17) is 23.2 Å². The smallest absolute Gasteiger partial charge is 0.348 e. The van der Waals surface area contributed by atoms with E-state index in [1.54, 1.807) is 12.1 Å². The Labute approximate surface area is 208 Å². The van der Waals surface area contributed by atoms with Gasteiger partial charge in [-0.15, -0.1) is 0 Å². The van der Waals surface area contributed by atoms with Gasteiger partial charge >= 0.3 is 5.69 Å². The number of aromatic amines is 1. The quantitative estimate of drug-likeness (QED) is 0.341. The summed E-state index contributed by atoms with van der Waals surface area (Å²) in [6, 6.07) is 12.1. The van der Waals surface area contributed by atoms with Gasteiger partial charge in [0.15, 0.2) is 5.82 Å². The Hall–Kier alpha value is -3.38. The van der Waals surface area contributed by atoms with Crippen molar-refractivity contribution >= 4 is 33.2 Å². The highest BCUT2D eigenvalue weighted by atomic mass is 35.5. The average molecular weight is 539 g/mol. The molecule has 182 valence electrons. The van der Waals surface area contributed by atoms with Gasteiger partial charge in [0.05, 0.1) is 16.3 Å². The van der Waals surface area contributed by atoms with Crippen molar-refractivity contribution in [2.75, 3.05) is 7.05 Å². The highest BCUT2D eigenvalue weighted by Gasteiger charge is 2.29. The second-order valence-electron chi connectivity index (χ2n) is 7.44. The molecule has 1 heterocycles. The Morgan fingerprint density at radius 1 is 1.06 bits per heavy atom. The summed E-state index contributed by atoms with van der Waals surface area (Å²) in [7, 11) is -3.25. The number of phenols is 2. The van der Waals surface area contributed by atoms with Gasteiger partial charge in [0.25, 0.3) is 0 Å². The Bertz CT molecular complexity index is 1580. The molecule has 0 radical (unpaired) electrons. The van der Waals surface area contributed by atoms with Crippen molar-refractivity contribution in [1.29, 1.82) is 0 Å². The maximum atomic E-state index is 14.2. The lowest BCUT2D eigenvalue weighted by Gasteiger charge is -2.20. The van der Waals surface area contributed by atoms with Gasteiger partial charge < -0.3 is 10.2 Å². The summed E-state index contributed by atoms with van der Waals surface area (Å²) in [6.07, 6.45) is 0. The van der Waals surface area contributed by atoms with Crippen molar-refractivity contribution in [3.63, 3.8) is 0 Å². The molecule has 9 nitrogen and oxygen atoms in total. The van der Waals surface area contributed by atoms with Crippen LogP contribution >= 0.6 is 23.2 Å². The second-order valence-corrected chi connectivity index (χ2v) is 10.3. The summed E-state index contributed by atoms with van der Waals surface area (Å²) >= 11 is 12.2. The van der Waals surface area contributed by atoms with E-state index >= 15 is 0 Å². The number of benzene rings is 3. The molecule has 0 bridgehead atoms. The summed E-state index contributed by atoms with van der Waals surface area (Å²) in [5.41, 5.74) is -0.710.